The fraction of sp³-hybridized carbons (Fsp3) is 0.462. The summed E-state index contributed by atoms with van der Waals surface area (Å²) in [6.07, 6.45) is 2.40. The number of carboxylic acids is 1. The van der Waals surface area contributed by atoms with Crippen molar-refractivity contribution in [3.8, 4) is 5.75 Å². The van der Waals surface area contributed by atoms with Gasteiger partial charge in [-0.15, -0.1) is 0 Å². The van der Waals surface area contributed by atoms with Gasteiger partial charge in [0.25, 0.3) is 0 Å². The quantitative estimate of drug-likeness (QED) is 0.845. The van der Waals surface area contributed by atoms with Crippen molar-refractivity contribution in [2.24, 2.45) is 11.7 Å². The molecular weight excluding hydrogens is 298 g/mol. The van der Waals surface area contributed by atoms with Gasteiger partial charge < -0.3 is 15.6 Å². The van der Waals surface area contributed by atoms with E-state index in [2.05, 4.69) is 15.9 Å². The summed E-state index contributed by atoms with van der Waals surface area (Å²) >= 11 is 3.35. The summed E-state index contributed by atoms with van der Waals surface area (Å²) < 4.78 is 6.54. The van der Waals surface area contributed by atoms with Crippen LogP contribution < -0.4 is 10.5 Å². The van der Waals surface area contributed by atoms with Crippen LogP contribution in [0.1, 0.15) is 24.3 Å². The largest absolute Gasteiger partial charge is 0.493 e. The maximum absolute atomic E-state index is 11.2. The highest BCUT2D eigenvalue weighted by Gasteiger charge is 2.25. The molecule has 1 aromatic rings. The number of ether oxygens (including phenoxy) is 1. The summed E-state index contributed by atoms with van der Waals surface area (Å²) in [5.74, 6) is -0.394. The van der Waals surface area contributed by atoms with E-state index in [9.17, 15) is 9.90 Å². The van der Waals surface area contributed by atoms with Gasteiger partial charge in [-0.2, -0.15) is 0 Å². The predicted octanol–water partition coefficient (Wildman–Crippen LogP) is 2.36. The molecule has 0 aliphatic heterocycles. The Bertz CT molecular complexity index is 446. The molecule has 18 heavy (non-hydrogen) atoms. The standard InChI is InChI=1S/C13H16BrNO3/c14-9-3-4-12(18-7-8-1-2-8)10(5-9)11(6-15)13(16)17/h3-5,8,11H,1-2,6-7,15H2,(H,16,17). The molecule has 0 saturated heterocycles. The van der Waals surface area contributed by atoms with Gasteiger partial charge in [0.2, 0.25) is 0 Å². The van der Waals surface area contributed by atoms with Gasteiger partial charge in [0.15, 0.2) is 0 Å². The SMILES string of the molecule is NCC(C(=O)O)c1cc(Br)ccc1OCC1CC1. The van der Waals surface area contributed by atoms with Crippen molar-refractivity contribution in [3.63, 3.8) is 0 Å². The minimum absolute atomic E-state index is 0.0611. The van der Waals surface area contributed by atoms with E-state index in [0.717, 1.165) is 4.47 Å². The minimum atomic E-state index is -0.924. The molecule has 5 heteroatoms. The molecule has 4 nitrogen and oxygen atoms in total. The van der Waals surface area contributed by atoms with Gasteiger partial charge in [-0.3, -0.25) is 4.79 Å². The second-order valence-corrected chi connectivity index (χ2v) is 5.48. The van der Waals surface area contributed by atoms with Crippen LogP contribution in [0.15, 0.2) is 22.7 Å². The fourth-order valence-electron chi connectivity index (χ4n) is 1.78. The lowest BCUT2D eigenvalue weighted by atomic mass is 9.98. The van der Waals surface area contributed by atoms with Gasteiger partial charge in [-0.05, 0) is 37.0 Å². The van der Waals surface area contributed by atoms with Crippen LogP contribution in [0.25, 0.3) is 0 Å². The maximum atomic E-state index is 11.2. The third-order valence-corrected chi connectivity index (χ3v) is 3.55. The molecule has 0 heterocycles. The number of benzene rings is 1. The van der Waals surface area contributed by atoms with Crippen molar-refractivity contribution in [3.05, 3.63) is 28.2 Å². The van der Waals surface area contributed by atoms with Crippen LogP contribution in [-0.4, -0.2) is 24.2 Å². The molecular formula is C13H16BrNO3. The fourth-order valence-corrected chi connectivity index (χ4v) is 2.15. The predicted molar refractivity (Wildman–Crippen MR) is 71.8 cm³/mol. The molecule has 1 aliphatic carbocycles. The number of aliphatic carboxylic acids is 1. The van der Waals surface area contributed by atoms with Gasteiger partial charge in [-0.25, -0.2) is 0 Å². The lowest BCUT2D eigenvalue weighted by Crippen LogP contribution is -2.22. The van der Waals surface area contributed by atoms with Crippen molar-refractivity contribution < 1.29 is 14.6 Å². The topological polar surface area (TPSA) is 72.6 Å². The van der Waals surface area contributed by atoms with Crippen molar-refractivity contribution >= 4 is 21.9 Å². The summed E-state index contributed by atoms with van der Waals surface area (Å²) in [5.41, 5.74) is 6.18. The summed E-state index contributed by atoms with van der Waals surface area (Å²) in [7, 11) is 0. The van der Waals surface area contributed by atoms with Crippen molar-refractivity contribution in [2.75, 3.05) is 13.2 Å². The first-order valence-electron chi connectivity index (χ1n) is 5.97. The molecule has 2 rings (SSSR count). The molecule has 3 N–H and O–H groups in total. The molecule has 0 amide bonds. The highest BCUT2D eigenvalue weighted by molar-refractivity contribution is 9.10. The number of carboxylic acid groups (broad SMARTS) is 1. The highest BCUT2D eigenvalue weighted by Crippen LogP contribution is 2.33. The number of rotatable bonds is 6. The van der Waals surface area contributed by atoms with E-state index in [1.54, 1.807) is 12.1 Å². The number of carbonyl (C=O) groups is 1. The molecule has 0 radical (unpaired) electrons. The first-order valence-corrected chi connectivity index (χ1v) is 6.76. The van der Waals surface area contributed by atoms with E-state index in [1.807, 2.05) is 6.07 Å². The summed E-state index contributed by atoms with van der Waals surface area (Å²) in [4.78, 5) is 11.2. The second kappa shape index (κ2) is 5.71. The maximum Gasteiger partial charge on any atom is 0.312 e. The van der Waals surface area contributed by atoms with Crippen molar-refractivity contribution in [2.45, 2.75) is 18.8 Å². The van der Waals surface area contributed by atoms with Crippen LogP contribution in [0.5, 0.6) is 5.75 Å². The normalized spacial score (nSPS) is 16.3. The molecule has 1 aromatic carbocycles. The molecule has 1 unspecified atom stereocenters. The van der Waals surface area contributed by atoms with Gasteiger partial charge in [0, 0.05) is 16.6 Å². The average molecular weight is 314 g/mol. The lowest BCUT2D eigenvalue weighted by molar-refractivity contribution is -0.138. The van der Waals surface area contributed by atoms with E-state index in [4.69, 9.17) is 10.5 Å². The van der Waals surface area contributed by atoms with Crippen LogP contribution >= 0.6 is 15.9 Å². The van der Waals surface area contributed by atoms with Crippen molar-refractivity contribution in [1.82, 2.24) is 0 Å². The Morgan fingerprint density at radius 3 is 2.83 bits per heavy atom. The van der Waals surface area contributed by atoms with Gasteiger partial charge in [0.1, 0.15) is 5.75 Å². The van der Waals surface area contributed by atoms with Crippen LogP contribution in [-0.2, 0) is 4.79 Å². The Kier molecular flexibility index (Phi) is 4.24. The third kappa shape index (κ3) is 3.23. The monoisotopic (exact) mass is 313 g/mol. The van der Waals surface area contributed by atoms with Crippen LogP contribution in [0, 0.1) is 5.92 Å². The molecule has 0 spiro atoms. The molecule has 98 valence electrons. The lowest BCUT2D eigenvalue weighted by Gasteiger charge is -2.16. The number of nitrogens with two attached hydrogens (primary N) is 1. The number of halogens is 1. The van der Waals surface area contributed by atoms with Crippen LogP contribution in [0.3, 0.4) is 0 Å². The van der Waals surface area contributed by atoms with E-state index >= 15 is 0 Å². The molecule has 1 saturated carbocycles. The highest BCUT2D eigenvalue weighted by atomic mass is 79.9. The van der Waals surface area contributed by atoms with E-state index in [0.29, 0.717) is 23.8 Å². The summed E-state index contributed by atoms with van der Waals surface area (Å²) in [6, 6.07) is 5.42. The van der Waals surface area contributed by atoms with Crippen molar-refractivity contribution in [1.29, 1.82) is 0 Å². The van der Waals surface area contributed by atoms with Gasteiger partial charge in [-0.1, -0.05) is 15.9 Å². The first-order chi connectivity index (χ1) is 8.61. The Morgan fingerprint density at radius 2 is 2.28 bits per heavy atom. The van der Waals surface area contributed by atoms with E-state index in [1.165, 1.54) is 12.8 Å². The smallest absolute Gasteiger partial charge is 0.312 e. The molecule has 0 bridgehead atoms. The first kappa shape index (κ1) is 13.4. The Labute approximate surface area is 114 Å². The van der Waals surface area contributed by atoms with E-state index < -0.39 is 11.9 Å². The molecule has 1 fully saturated rings. The van der Waals surface area contributed by atoms with E-state index in [-0.39, 0.29) is 6.54 Å². The third-order valence-electron chi connectivity index (χ3n) is 3.05. The zero-order valence-corrected chi connectivity index (χ0v) is 11.5. The second-order valence-electron chi connectivity index (χ2n) is 4.56. The Balaban J connectivity index is 2.22. The number of hydrogen-bond donors (Lipinski definition) is 2. The summed E-state index contributed by atoms with van der Waals surface area (Å²) in [5, 5.41) is 9.18. The molecule has 1 aliphatic rings. The molecule has 0 aromatic heterocycles. The Hall–Kier alpha value is -1.07. The molecule has 1 atom stereocenters. The minimum Gasteiger partial charge on any atom is -0.493 e. The van der Waals surface area contributed by atoms with Gasteiger partial charge >= 0.3 is 5.97 Å². The Morgan fingerprint density at radius 1 is 1.56 bits per heavy atom. The van der Waals surface area contributed by atoms with Crippen LogP contribution in [0.4, 0.5) is 0 Å². The zero-order valence-electron chi connectivity index (χ0n) is 9.93. The average Bonchev–Trinajstić information content (AvgIpc) is 3.12. The zero-order chi connectivity index (χ0) is 13.1. The number of hydrogen-bond acceptors (Lipinski definition) is 3. The van der Waals surface area contributed by atoms with Gasteiger partial charge in [0.05, 0.1) is 12.5 Å². The summed E-state index contributed by atoms with van der Waals surface area (Å²) in [6.45, 7) is 0.719. The van der Waals surface area contributed by atoms with Crippen LogP contribution in [0.2, 0.25) is 0 Å².